The van der Waals surface area contributed by atoms with Crippen LogP contribution in [0.3, 0.4) is 0 Å². The number of rotatable bonds is 17. The quantitative estimate of drug-likeness (QED) is 0.110. The summed E-state index contributed by atoms with van der Waals surface area (Å²) in [5, 5.41) is 0.460. The predicted molar refractivity (Wildman–Crippen MR) is 208 cm³/mol. The molecule has 1 unspecified atom stereocenters. The van der Waals surface area contributed by atoms with Gasteiger partial charge in [0.25, 0.3) is 0 Å². The fraction of sp³-hybridized carbons (Fsp3) is 0.390. The highest BCUT2D eigenvalue weighted by Crippen LogP contribution is 2.39. The van der Waals surface area contributed by atoms with E-state index >= 15 is 0 Å². The fourth-order valence-electron chi connectivity index (χ4n) is 7.20. The van der Waals surface area contributed by atoms with Gasteiger partial charge in [-0.2, -0.15) is 13.5 Å². The second-order valence-electron chi connectivity index (χ2n) is 14.5. The molecule has 0 amide bonds. The molecule has 4 aromatic rings. The van der Waals surface area contributed by atoms with Crippen LogP contribution in [0.5, 0.6) is 17.2 Å². The Morgan fingerprint density at radius 3 is 2.26 bits per heavy atom. The number of sulfonamides is 1. The van der Waals surface area contributed by atoms with Crippen LogP contribution in [0.1, 0.15) is 64.9 Å². The summed E-state index contributed by atoms with van der Waals surface area (Å²) in [5.41, 5.74) is 0.827. The van der Waals surface area contributed by atoms with E-state index in [0.717, 1.165) is 44.8 Å². The van der Waals surface area contributed by atoms with Gasteiger partial charge in [0.05, 0.1) is 18.6 Å². The zero-order valence-corrected chi connectivity index (χ0v) is 33.7. The highest BCUT2D eigenvalue weighted by Gasteiger charge is 2.39. The van der Waals surface area contributed by atoms with E-state index in [4.69, 9.17) is 46.9 Å². The van der Waals surface area contributed by atoms with Gasteiger partial charge in [-0.05, 0) is 92.1 Å². The minimum absolute atomic E-state index is 0.0106. The molecule has 4 aliphatic rings. The Balaban J connectivity index is 1.18. The third-order valence-electron chi connectivity index (χ3n) is 10.6. The largest absolute Gasteiger partial charge is 0.496 e. The number of halogens is 4. The van der Waals surface area contributed by atoms with Crippen molar-refractivity contribution in [2.45, 2.75) is 61.9 Å². The molecule has 4 heterocycles. The number of fused-ring (bicyclic) bond motifs is 3. The molecule has 3 atom stereocenters. The van der Waals surface area contributed by atoms with Gasteiger partial charge in [-0.25, -0.2) is 23.0 Å². The van der Waals surface area contributed by atoms with E-state index in [-0.39, 0.29) is 68.7 Å². The minimum atomic E-state index is -4.51. The molecule has 0 radical (unpaired) electrons. The number of piperidine rings is 3. The predicted octanol–water partition coefficient (Wildman–Crippen LogP) is 7.00. The number of hydrogen-bond acceptors (Lipinski definition) is 10. The summed E-state index contributed by atoms with van der Waals surface area (Å²) in [5.74, 6) is -1.47. The summed E-state index contributed by atoms with van der Waals surface area (Å²) in [6.45, 7) is -0.401. The summed E-state index contributed by atoms with van der Waals surface area (Å²) in [4.78, 5) is 32.6. The first kappa shape index (κ1) is 41.6. The molecular formula is C41H42Cl2F2N3O9S+. The van der Waals surface area contributed by atoms with Crippen molar-refractivity contribution >= 4 is 45.2 Å². The van der Waals surface area contributed by atoms with Crippen molar-refractivity contribution in [2.75, 3.05) is 33.4 Å². The summed E-state index contributed by atoms with van der Waals surface area (Å²) < 4.78 is 85.5. The highest BCUT2D eigenvalue weighted by molar-refractivity contribution is 7.89. The lowest BCUT2D eigenvalue weighted by Gasteiger charge is -2.44. The van der Waals surface area contributed by atoms with E-state index in [9.17, 15) is 26.8 Å². The standard InChI is InChI=1S/C41H41Cl2F2N3O9S/c1-53-33-12-10-28(58(51,52)47-38(26-5-3-2-4-6-26)40(50)56-37-22-48-15-13-25(37)14-16-48)18-30(33)39(49)55-35(19-29-31(42)20-46-21-32(29)43)27-9-11-34(57-41(44)45)36(17-27)54-23-24-7-8-24/h2-6,9-12,17-18,20-21,24-25,35,37-38,41,47H,7-8,13-16,19,22-23H2,1H3/p+1/t35-,37-,38?/m0/s1. The van der Waals surface area contributed by atoms with Crippen LogP contribution in [0.4, 0.5) is 8.78 Å². The molecule has 1 aliphatic carbocycles. The van der Waals surface area contributed by atoms with Crippen LogP contribution in [0.15, 0.2) is 84.0 Å². The van der Waals surface area contributed by atoms with Crippen LogP contribution in [0, 0.1) is 11.8 Å². The Hall–Kier alpha value is -4.54. The van der Waals surface area contributed by atoms with E-state index in [1.54, 1.807) is 30.3 Å². The minimum Gasteiger partial charge on any atom is -0.496 e. The molecule has 308 valence electrons. The Kier molecular flexibility index (Phi) is 13.0. The number of pyridine rings is 1. The molecular weight excluding hydrogens is 819 g/mol. The van der Waals surface area contributed by atoms with Gasteiger partial charge >= 0.3 is 18.6 Å². The molecule has 0 spiro atoms. The number of carbonyl (C=O) groups excluding carboxylic acids is 2. The van der Waals surface area contributed by atoms with Gasteiger partial charge in [-0.3, -0.25) is 4.90 Å². The van der Waals surface area contributed by atoms with Gasteiger partial charge in [0, 0.05) is 18.5 Å². The number of alkyl halides is 2. The third-order valence-corrected chi connectivity index (χ3v) is 12.7. The molecule has 4 fully saturated rings. The number of nitrogens with one attached hydrogen (secondary N) is 2. The monoisotopic (exact) mass is 860 g/mol. The van der Waals surface area contributed by atoms with Gasteiger partial charge in [-0.1, -0.05) is 59.6 Å². The van der Waals surface area contributed by atoms with Crippen LogP contribution >= 0.6 is 23.2 Å². The zero-order valence-electron chi connectivity index (χ0n) is 31.4. The number of hydrogen-bond donors (Lipinski definition) is 1. The third kappa shape index (κ3) is 10.0. The molecule has 3 saturated heterocycles. The van der Waals surface area contributed by atoms with Crippen molar-refractivity contribution in [1.29, 1.82) is 0 Å². The molecule has 1 aromatic heterocycles. The van der Waals surface area contributed by atoms with Crippen molar-refractivity contribution < 1.29 is 55.5 Å². The number of methoxy groups -OCH3 is 1. The number of esters is 2. The summed E-state index contributed by atoms with van der Waals surface area (Å²) in [7, 11) is -3.21. The molecule has 17 heteroatoms. The Morgan fingerprint density at radius 1 is 0.914 bits per heavy atom. The van der Waals surface area contributed by atoms with E-state index in [0.29, 0.717) is 23.2 Å². The topological polar surface area (TPSA) is 144 Å². The van der Waals surface area contributed by atoms with Crippen molar-refractivity contribution in [3.8, 4) is 17.2 Å². The highest BCUT2D eigenvalue weighted by atomic mass is 35.5. The maximum absolute atomic E-state index is 14.2. The normalized spacial score (nSPS) is 19.9. The number of ether oxygens (including phenoxy) is 5. The molecule has 3 aromatic carbocycles. The van der Waals surface area contributed by atoms with E-state index in [2.05, 4.69) is 14.6 Å². The SMILES string of the molecule is COc1ccc(S(=O)(=O)NC(C(=O)O[C@H]2CN3CCC2CC3)c2ccccc2)cc1C(=O)O[C@@H](Cc1c(Cl)c[nH+]cc1Cl)c1ccc(OC(F)F)c(OCC2CC2)c1. The van der Waals surface area contributed by atoms with Crippen LogP contribution in [-0.2, 0) is 30.7 Å². The maximum atomic E-state index is 14.2. The lowest BCUT2D eigenvalue weighted by atomic mass is 9.86. The average molecular weight is 862 g/mol. The molecule has 3 aliphatic heterocycles. The van der Waals surface area contributed by atoms with Crippen molar-refractivity contribution in [2.24, 2.45) is 11.8 Å². The molecule has 2 N–H and O–H groups in total. The smallest absolute Gasteiger partial charge is 0.387 e. The average Bonchev–Trinajstić information content (AvgIpc) is 4.05. The van der Waals surface area contributed by atoms with Crippen LogP contribution in [0.2, 0.25) is 10.0 Å². The summed E-state index contributed by atoms with van der Waals surface area (Å²) in [6, 6.07) is 14.8. The van der Waals surface area contributed by atoms with E-state index in [1.165, 1.54) is 49.8 Å². The Labute approximate surface area is 344 Å². The van der Waals surface area contributed by atoms with Crippen LogP contribution < -0.4 is 23.9 Å². The molecule has 8 rings (SSSR count). The lowest BCUT2D eigenvalue weighted by Crippen LogP contribution is -2.52. The van der Waals surface area contributed by atoms with Crippen LogP contribution in [-0.4, -0.2) is 71.3 Å². The first-order valence-corrected chi connectivity index (χ1v) is 21.1. The number of aromatic nitrogens is 1. The molecule has 2 bridgehead atoms. The first-order valence-electron chi connectivity index (χ1n) is 18.8. The van der Waals surface area contributed by atoms with E-state index < -0.39 is 40.7 Å². The molecule has 1 saturated carbocycles. The number of aromatic amines is 1. The zero-order chi connectivity index (χ0) is 41.0. The Bertz CT molecular complexity index is 2210. The first-order chi connectivity index (χ1) is 27.9. The summed E-state index contributed by atoms with van der Waals surface area (Å²) in [6.07, 6.45) is 5.03. The Morgan fingerprint density at radius 2 is 1.62 bits per heavy atom. The number of benzene rings is 3. The van der Waals surface area contributed by atoms with Crippen molar-refractivity contribution in [3.63, 3.8) is 0 Å². The second-order valence-corrected chi connectivity index (χ2v) is 17.0. The van der Waals surface area contributed by atoms with Crippen LogP contribution in [0.25, 0.3) is 0 Å². The van der Waals surface area contributed by atoms with Gasteiger partial charge in [0.15, 0.2) is 23.9 Å². The number of H-pyrrole nitrogens is 1. The van der Waals surface area contributed by atoms with Gasteiger partial charge < -0.3 is 23.7 Å². The van der Waals surface area contributed by atoms with Gasteiger partial charge in [0.2, 0.25) is 10.0 Å². The maximum Gasteiger partial charge on any atom is 0.387 e. The molecule has 12 nitrogen and oxygen atoms in total. The fourth-order valence-corrected chi connectivity index (χ4v) is 8.93. The van der Waals surface area contributed by atoms with Crippen molar-refractivity contribution in [1.82, 2.24) is 9.62 Å². The lowest BCUT2D eigenvalue weighted by molar-refractivity contribution is -0.377. The molecule has 58 heavy (non-hydrogen) atoms. The van der Waals surface area contributed by atoms with Crippen molar-refractivity contribution in [3.05, 3.63) is 111 Å². The number of carbonyl (C=O) groups is 2. The van der Waals surface area contributed by atoms with E-state index in [1.807, 2.05) is 0 Å². The summed E-state index contributed by atoms with van der Waals surface area (Å²) >= 11 is 13.0. The van der Waals surface area contributed by atoms with Gasteiger partial charge in [0.1, 0.15) is 39.6 Å². The van der Waals surface area contributed by atoms with Gasteiger partial charge in [-0.15, -0.1) is 0 Å². The second kappa shape index (κ2) is 18.2. The number of nitrogens with zero attached hydrogens (tertiary/aromatic N) is 1.